The van der Waals surface area contributed by atoms with Crippen molar-refractivity contribution in [3.05, 3.63) is 82.9 Å². The second-order valence-corrected chi connectivity index (χ2v) is 8.57. The third-order valence-electron chi connectivity index (χ3n) is 4.96. The molecule has 0 bridgehead atoms. The monoisotopic (exact) mass is 411 g/mol. The van der Waals surface area contributed by atoms with Crippen LogP contribution in [0, 0.1) is 0 Å². The van der Waals surface area contributed by atoms with Gasteiger partial charge in [0, 0.05) is 16.7 Å². The highest BCUT2D eigenvalue weighted by atomic mass is 32.2. The molecule has 3 aromatic carbocycles. The van der Waals surface area contributed by atoms with Crippen LogP contribution in [0.25, 0.3) is 11.1 Å². The van der Waals surface area contributed by atoms with Crippen molar-refractivity contribution < 1.29 is 23.0 Å². The molecule has 1 aliphatic heterocycles. The van der Waals surface area contributed by atoms with Crippen molar-refractivity contribution in [1.29, 1.82) is 0 Å². The summed E-state index contributed by atoms with van der Waals surface area (Å²) in [5, 5.41) is 15.1. The largest absolute Gasteiger partial charge is 0.497 e. The Balaban J connectivity index is 1.92. The summed E-state index contributed by atoms with van der Waals surface area (Å²) in [4.78, 5) is 0. The standard InChI is InChI=1S/C22H21NO5S/c1-27-17-6-2-4-15(11-17)22-19-10-14(13-29(23,25)26)8-9-18(19)21-16(12-24)5-3-7-20(21)28-22/h2-11,22,24H,12-13H2,1H3,(H2,23,25,26). The smallest absolute Gasteiger partial charge is 0.213 e. The zero-order chi connectivity index (χ0) is 20.6. The van der Waals surface area contributed by atoms with E-state index in [4.69, 9.17) is 14.6 Å². The number of fused-ring (bicyclic) bond motifs is 3. The SMILES string of the molecule is COc1cccc(C2Oc3cccc(CO)c3-c3ccc(CS(N)(=O)=O)cc32)c1. The molecule has 0 radical (unpaired) electrons. The summed E-state index contributed by atoms with van der Waals surface area (Å²) in [7, 11) is -2.07. The van der Waals surface area contributed by atoms with Crippen molar-refractivity contribution in [2.75, 3.05) is 7.11 Å². The van der Waals surface area contributed by atoms with Crippen LogP contribution in [0.4, 0.5) is 0 Å². The van der Waals surface area contributed by atoms with Crippen molar-refractivity contribution in [3.63, 3.8) is 0 Å². The van der Waals surface area contributed by atoms with Gasteiger partial charge >= 0.3 is 0 Å². The Morgan fingerprint density at radius 1 is 1.10 bits per heavy atom. The zero-order valence-corrected chi connectivity index (χ0v) is 16.6. The Kier molecular flexibility index (Phi) is 5.04. The molecule has 0 fully saturated rings. The van der Waals surface area contributed by atoms with Crippen LogP contribution < -0.4 is 14.6 Å². The number of rotatable bonds is 5. The maximum Gasteiger partial charge on any atom is 0.213 e. The van der Waals surface area contributed by atoms with Crippen molar-refractivity contribution in [1.82, 2.24) is 0 Å². The first kappa shape index (κ1) is 19.4. The zero-order valence-electron chi connectivity index (χ0n) is 15.8. The first-order chi connectivity index (χ1) is 13.9. The van der Waals surface area contributed by atoms with E-state index in [1.54, 1.807) is 19.2 Å². The van der Waals surface area contributed by atoms with Crippen molar-refractivity contribution in [3.8, 4) is 22.6 Å². The van der Waals surface area contributed by atoms with E-state index in [0.29, 0.717) is 17.1 Å². The van der Waals surface area contributed by atoms with E-state index < -0.39 is 16.1 Å². The number of nitrogens with two attached hydrogens (primary N) is 1. The van der Waals surface area contributed by atoms with Crippen molar-refractivity contribution in [2.24, 2.45) is 5.14 Å². The molecule has 1 aliphatic rings. The third-order valence-corrected chi connectivity index (χ3v) is 5.70. The average molecular weight is 411 g/mol. The van der Waals surface area contributed by atoms with Crippen LogP contribution in [-0.2, 0) is 22.4 Å². The molecule has 0 saturated heterocycles. The van der Waals surface area contributed by atoms with Gasteiger partial charge in [-0.25, -0.2) is 13.6 Å². The second kappa shape index (κ2) is 7.51. The summed E-state index contributed by atoms with van der Waals surface area (Å²) < 4.78 is 34.9. The van der Waals surface area contributed by atoms with Crippen molar-refractivity contribution in [2.45, 2.75) is 18.5 Å². The summed E-state index contributed by atoms with van der Waals surface area (Å²) in [6.07, 6.45) is -0.457. The lowest BCUT2D eigenvalue weighted by Crippen LogP contribution is -2.18. The molecule has 0 aliphatic carbocycles. The fraction of sp³-hybridized carbons (Fsp3) is 0.182. The highest BCUT2D eigenvalue weighted by molar-refractivity contribution is 7.88. The van der Waals surface area contributed by atoms with E-state index in [-0.39, 0.29) is 12.4 Å². The number of aliphatic hydroxyl groups excluding tert-OH is 1. The van der Waals surface area contributed by atoms with Crippen LogP contribution in [0.1, 0.15) is 28.4 Å². The normalized spacial score (nSPS) is 15.2. The second-order valence-electron chi connectivity index (χ2n) is 6.95. The Morgan fingerprint density at radius 3 is 2.62 bits per heavy atom. The van der Waals surface area contributed by atoms with E-state index in [9.17, 15) is 13.5 Å². The number of primary sulfonamides is 1. The summed E-state index contributed by atoms with van der Waals surface area (Å²) in [5.41, 5.74) is 4.71. The van der Waals surface area contributed by atoms with Crippen LogP contribution in [0.3, 0.4) is 0 Å². The maximum atomic E-state index is 11.6. The van der Waals surface area contributed by atoms with Gasteiger partial charge in [0.2, 0.25) is 10.0 Å². The van der Waals surface area contributed by atoms with Gasteiger partial charge in [0.25, 0.3) is 0 Å². The molecule has 3 aromatic rings. The fourth-order valence-corrected chi connectivity index (χ4v) is 4.38. The Morgan fingerprint density at radius 2 is 1.90 bits per heavy atom. The number of aliphatic hydroxyl groups is 1. The van der Waals surface area contributed by atoms with Gasteiger partial charge in [-0.1, -0.05) is 42.5 Å². The molecule has 0 aromatic heterocycles. The first-order valence-electron chi connectivity index (χ1n) is 9.06. The van der Waals surface area contributed by atoms with Gasteiger partial charge < -0.3 is 14.6 Å². The van der Waals surface area contributed by atoms with Gasteiger partial charge in [-0.3, -0.25) is 0 Å². The number of methoxy groups -OCH3 is 1. The lowest BCUT2D eigenvalue weighted by atomic mass is 9.86. The predicted molar refractivity (Wildman–Crippen MR) is 110 cm³/mol. The minimum atomic E-state index is -3.67. The lowest BCUT2D eigenvalue weighted by molar-refractivity contribution is 0.240. The van der Waals surface area contributed by atoms with Gasteiger partial charge in [0.1, 0.15) is 17.6 Å². The predicted octanol–water partition coefficient (Wildman–Crippen LogP) is 3.12. The minimum absolute atomic E-state index is 0.130. The minimum Gasteiger partial charge on any atom is -0.497 e. The maximum absolute atomic E-state index is 11.6. The molecular formula is C22H21NO5S. The van der Waals surface area contributed by atoms with Gasteiger partial charge in [0.15, 0.2) is 0 Å². The molecule has 7 heteroatoms. The van der Waals surface area contributed by atoms with Crippen LogP contribution >= 0.6 is 0 Å². The molecule has 6 nitrogen and oxygen atoms in total. The number of hydrogen-bond acceptors (Lipinski definition) is 5. The molecule has 29 heavy (non-hydrogen) atoms. The van der Waals surface area contributed by atoms with Gasteiger partial charge in [-0.05, 0) is 34.9 Å². The van der Waals surface area contributed by atoms with Gasteiger partial charge in [0.05, 0.1) is 19.5 Å². The van der Waals surface area contributed by atoms with Crippen LogP contribution in [-0.4, -0.2) is 20.6 Å². The summed E-state index contributed by atoms with van der Waals surface area (Å²) >= 11 is 0. The highest BCUT2D eigenvalue weighted by Crippen LogP contribution is 2.47. The van der Waals surface area contributed by atoms with Gasteiger partial charge in [-0.2, -0.15) is 0 Å². The van der Waals surface area contributed by atoms with E-state index in [1.165, 1.54) is 0 Å². The Labute approximate surface area is 169 Å². The van der Waals surface area contributed by atoms with E-state index in [0.717, 1.165) is 27.8 Å². The van der Waals surface area contributed by atoms with Crippen LogP contribution in [0.15, 0.2) is 60.7 Å². The first-order valence-corrected chi connectivity index (χ1v) is 10.8. The molecule has 1 unspecified atom stereocenters. The molecule has 0 amide bonds. The van der Waals surface area contributed by atoms with Crippen LogP contribution in [0.2, 0.25) is 0 Å². The number of hydrogen-bond donors (Lipinski definition) is 2. The lowest BCUT2D eigenvalue weighted by Gasteiger charge is -2.31. The molecule has 150 valence electrons. The quantitative estimate of drug-likeness (QED) is 0.672. The molecule has 4 rings (SSSR count). The number of sulfonamides is 1. The average Bonchev–Trinajstić information content (AvgIpc) is 2.71. The summed E-state index contributed by atoms with van der Waals surface area (Å²) in [5.74, 6) is 1.10. The van der Waals surface area contributed by atoms with E-state index in [1.807, 2.05) is 48.5 Å². The fourth-order valence-electron chi connectivity index (χ4n) is 3.73. The molecule has 0 spiro atoms. The molecule has 1 atom stereocenters. The molecule has 1 heterocycles. The molecule has 3 N–H and O–H groups in total. The number of ether oxygens (including phenoxy) is 2. The van der Waals surface area contributed by atoms with Crippen molar-refractivity contribution >= 4 is 10.0 Å². The Bertz CT molecular complexity index is 1170. The molecule has 0 saturated carbocycles. The Hall–Kier alpha value is -2.87. The van der Waals surface area contributed by atoms with E-state index in [2.05, 4.69) is 0 Å². The highest BCUT2D eigenvalue weighted by Gasteiger charge is 2.29. The topological polar surface area (TPSA) is 98.8 Å². The van der Waals surface area contributed by atoms with Gasteiger partial charge in [-0.15, -0.1) is 0 Å². The summed E-state index contributed by atoms with van der Waals surface area (Å²) in [6, 6.07) is 18.5. The summed E-state index contributed by atoms with van der Waals surface area (Å²) in [6.45, 7) is -0.130. The molecular weight excluding hydrogens is 390 g/mol. The van der Waals surface area contributed by atoms with Crippen LogP contribution in [0.5, 0.6) is 11.5 Å². The third kappa shape index (κ3) is 3.85. The number of benzene rings is 3. The van der Waals surface area contributed by atoms with E-state index >= 15 is 0 Å².